The van der Waals surface area contributed by atoms with Crippen LogP contribution in [0.3, 0.4) is 0 Å². The minimum Gasteiger partial charge on any atom is -0.480 e. The summed E-state index contributed by atoms with van der Waals surface area (Å²) in [5, 5.41) is 8.63. The Bertz CT molecular complexity index is 207. The van der Waals surface area contributed by atoms with Gasteiger partial charge in [-0.1, -0.05) is 84.0 Å². The molecule has 3 heteroatoms. The van der Waals surface area contributed by atoms with Gasteiger partial charge in [-0.05, 0) is 6.42 Å². The third kappa shape index (κ3) is 13.7. The monoisotopic (exact) mass is 271 g/mol. The molecule has 0 aliphatic rings. The fourth-order valence-corrected chi connectivity index (χ4v) is 2.33. The van der Waals surface area contributed by atoms with Crippen molar-refractivity contribution in [3.63, 3.8) is 0 Å². The van der Waals surface area contributed by atoms with E-state index in [4.69, 9.17) is 10.8 Å². The predicted octanol–water partition coefficient (Wildman–Crippen LogP) is 4.49. The summed E-state index contributed by atoms with van der Waals surface area (Å²) in [7, 11) is 0. The molecule has 19 heavy (non-hydrogen) atoms. The molecule has 0 heterocycles. The lowest BCUT2D eigenvalue weighted by molar-refractivity contribution is -0.138. The molecular formula is C16H33NO2. The van der Waals surface area contributed by atoms with Crippen molar-refractivity contribution in [2.45, 2.75) is 96.4 Å². The predicted molar refractivity (Wildman–Crippen MR) is 81.3 cm³/mol. The van der Waals surface area contributed by atoms with Crippen LogP contribution in [-0.4, -0.2) is 17.1 Å². The summed E-state index contributed by atoms with van der Waals surface area (Å²) >= 11 is 0. The van der Waals surface area contributed by atoms with E-state index in [1.54, 1.807) is 0 Å². The maximum absolute atomic E-state index is 10.5. The average molecular weight is 271 g/mol. The van der Waals surface area contributed by atoms with Crippen molar-refractivity contribution in [3.05, 3.63) is 0 Å². The Morgan fingerprint density at radius 3 is 1.58 bits per heavy atom. The minimum atomic E-state index is -0.872. The maximum atomic E-state index is 10.5. The number of rotatable bonds is 14. The van der Waals surface area contributed by atoms with E-state index in [1.165, 1.54) is 64.2 Å². The Hall–Kier alpha value is -0.570. The molecule has 0 aliphatic carbocycles. The highest BCUT2D eigenvalue weighted by Gasteiger charge is 2.09. The van der Waals surface area contributed by atoms with E-state index in [2.05, 4.69) is 6.92 Å². The Morgan fingerprint density at radius 2 is 1.21 bits per heavy atom. The van der Waals surface area contributed by atoms with Crippen molar-refractivity contribution in [1.82, 2.24) is 0 Å². The van der Waals surface area contributed by atoms with E-state index >= 15 is 0 Å². The number of unbranched alkanes of at least 4 members (excludes halogenated alkanes) is 11. The van der Waals surface area contributed by atoms with Crippen LogP contribution in [0.5, 0.6) is 0 Å². The number of carbonyl (C=O) groups is 1. The Balaban J connectivity index is 3.05. The van der Waals surface area contributed by atoms with Gasteiger partial charge in [0, 0.05) is 0 Å². The SMILES string of the molecule is CCCCCCCCCCCCCC[C@H](N)C(=O)O. The van der Waals surface area contributed by atoms with Gasteiger partial charge in [-0.2, -0.15) is 0 Å². The largest absolute Gasteiger partial charge is 0.480 e. The summed E-state index contributed by atoms with van der Waals surface area (Å²) in [5.41, 5.74) is 5.45. The normalized spacial score (nSPS) is 12.5. The van der Waals surface area contributed by atoms with Gasteiger partial charge < -0.3 is 10.8 Å². The lowest BCUT2D eigenvalue weighted by atomic mass is 10.0. The van der Waals surface area contributed by atoms with Crippen molar-refractivity contribution in [2.24, 2.45) is 5.73 Å². The molecule has 0 aliphatic heterocycles. The second-order valence-corrected chi connectivity index (χ2v) is 5.62. The molecule has 3 nitrogen and oxygen atoms in total. The van der Waals surface area contributed by atoms with Crippen molar-refractivity contribution >= 4 is 5.97 Å². The number of nitrogens with two attached hydrogens (primary N) is 1. The van der Waals surface area contributed by atoms with Gasteiger partial charge in [0.15, 0.2) is 0 Å². The summed E-state index contributed by atoms with van der Waals surface area (Å²) in [6.45, 7) is 2.25. The molecular weight excluding hydrogens is 238 g/mol. The quantitative estimate of drug-likeness (QED) is 0.457. The molecule has 0 unspecified atom stereocenters. The van der Waals surface area contributed by atoms with E-state index in [1.807, 2.05) is 0 Å². The van der Waals surface area contributed by atoms with Gasteiger partial charge in [-0.15, -0.1) is 0 Å². The average Bonchev–Trinajstić information content (AvgIpc) is 2.39. The zero-order valence-corrected chi connectivity index (χ0v) is 12.7. The molecule has 3 N–H and O–H groups in total. The second-order valence-electron chi connectivity index (χ2n) is 5.62. The zero-order valence-electron chi connectivity index (χ0n) is 12.7. The highest BCUT2D eigenvalue weighted by atomic mass is 16.4. The first kappa shape index (κ1) is 18.4. The van der Waals surface area contributed by atoms with E-state index < -0.39 is 12.0 Å². The molecule has 1 atom stereocenters. The lowest BCUT2D eigenvalue weighted by Crippen LogP contribution is -2.29. The topological polar surface area (TPSA) is 63.3 Å². The molecule has 0 radical (unpaired) electrons. The molecule has 0 fully saturated rings. The van der Waals surface area contributed by atoms with Gasteiger partial charge in [-0.25, -0.2) is 0 Å². The Morgan fingerprint density at radius 1 is 0.842 bits per heavy atom. The smallest absolute Gasteiger partial charge is 0.320 e. The van der Waals surface area contributed by atoms with Crippen LogP contribution >= 0.6 is 0 Å². The molecule has 0 bridgehead atoms. The number of hydrogen-bond donors (Lipinski definition) is 2. The molecule has 0 aromatic carbocycles. The van der Waals surface area contributed by atoms with Gasteiger partial charge in [0.2, 0.25) is 0 Å². The van der Waals surface area contributed by atoms with Gasteiger partial charge in [0.05, 0.1) is 0 Å². The molecule has 0 aromatic heterocycles. The third-order valence-electron chi connectivity index (χ3n) is 3.69. The summed E-state index contributed by atoms with van der Waals surface area (Å²) in [4.78, 5) is 10.5. The number of carboxylic acids is 1. The zero-order chi connectivity index (χ0) is 14.3. The number of aliphatic carboxylic acids is 1. The van der Waals surface area contributed by atoms with E-state index in [0.717, 1.165) is 12.8 Å². The molecule has 0 spiro atoms. The van der Waals surface area contributed by atoms with Gasteiger partial charge in [-0.3, -0.25) is 4.79 Å². The Labute approximate surface area is 119 Å². The molecule has 0 aromatic rings. The van der Waals surface area contributed by atoms with Crippen molar-refractivity contribution in [2.75, 3.05) is 0 Å². The van der Waals surface area contributed by atoms with Crippen LogP contribution in [0.15, 0.2) is 0 Å². The molecule has 0 rings (SSSR count). The third-order valence-corrected chi connectivity index (χ3v) is 3.69. The first-order chi connectivity index (χ1) is 9.18. The standard InChI is InChI=1S/C16H33NO2/c1-2-3-4-5-6-7-8-9-10-11-12-13-14-15(17)16(18)19/h15H,2-14,17H2,1H3,(H,18,19)/t15-/m0/s1. The number of hydrogen-bond acceptors (Lipinski definition) is 2. The van der Waals surface area contributed by atoms with Gasteiger partial charge in [0.1, 0.15) is 6.04 Å². The van der Waals surface area contributed by atoms with E-state index in [0.29, 0.717) is 6.42 Å². The van der Waals surface area contributed by atoms with Crippen LogP contribution in [0.2, 0.25) is 0 Å². The summed E-state index contributed by atoms with van der Waals surface area (Å²) in [6, 6.07) is -0.664. The van der Waals surface area contributed by atoms with Crippen LogP contribution in [0.1, 0.15) is 90.4 Å². The second kappa shape index (κ2) is 13.9. The van der Waals surface area contributed by atoms with Crippen LogP contribution in [0.25, 0.3) is 0 Å². The van der Waals surface area contributed by atoms with Crippen LogP contribution < -0.4 is 5.73 Å². The Kier molecular flexibility index (Phi) is 13.4. The van der Waals surface area contributed by atoms with E-state index in [-0.39, 0.29) is 0 Å². The van der Waals surface area contributed by atoms with Crippen molar-refractivity contribution in [3.8, 4) is 0 Å². The maximum Gasteiger partial charge on any atom is 0.320 e. The molecule has 0 saturated carbocycles. The fourth-order valence-electron chi connectivity index (χ4n) is 2.33. The fraction of sp³-hybridized carbons (Fsp3) is 0.938. The lowest BCUT2D eigenvalue weighted by Gasteiger charge is -2.05. The minimum absolute atomic E-state index is 0.618. The van der Waals surface area contributed by atoms with Crippen molar-refractivity contribution in [1.29, 1.82) is 0 Å². The van der Waals surface area contributed by atoms with Crippen molar-refractivity contribution < 1.29 is 9.90 Å². The van der Waals surface area contributed by atoms with Crippen LogP contribution in [0.4, 0.5) is 0 Å². The number of carboxylic acid groups (broad SMARTS) is 1. The van der Waals surface area contributed by atoms with Gasteiger partial charge in [0.25, 0.3) is 0 Å². The highest BCUT2D eigenvalue weighted by Crippen LogP contribution is 2.12. The molecule has 114 valence electrons. The first-order valence-corrected chi connectivity index (χ1v) is 8.17. The summed E-state index contributed by atoms with van der Waals surface area (Å²) < 4.78 is 0. The molecule has 0 amide bonds. The van der Waals surface area contributed by atoms with Crippen LogP contribution in [0, 0.1) is 0 Å². The summed E-state index contributed by atoms with van der Waals surface area (Å²) in [6.07, 6.45) is 16.2. The molecule has 0 saturated heterocycles. The highest BCUT2D eigenvalue weighted by molar-refractivity contribution is 5.72. The summed E-state index contributed by atoms with van der Waals surface area (Å²) in [5.74, 6) is -0.872. The van der Waals surface area contributed by atoms with Crippen LogP contribution in [-0.2, 0) is 4.79 Å². The van der Waals surface area contributed by atoms with E-state index in [9.17, 15) is 4.79 Å². The first-order valence-electron chi connectivity index (χ1n) is 8.17. The van der Waals surface area contributed by atoms with Gasteiger partial charge >= 0.3 is 5.97 Å².